The lowest BCUT2D eigenvalue weighted by molar-refractivity contribution is 0.0807. The Hall–Kier alpha value is -3.63. The molecular weight excluding hydrogens is 551 g/mol. The van der Waals surface area contributed by atoms with E-state index in [0.29, 0.717) is 23.6 Å². The topological polar surface area (TPSA) is 137 Å². The number of halogens is 2. The quantitative estimate of drug-likeness (QED) is 0.227. The Bertz CT molecular complexity index is 1650. The Morgan fingerprint density at radius 2 is 1.82 bits per heavy atom. The van der Waals surface area contributed by atoms with Crippen molar-refractivity contribution >= 4 is 42.2 Å². The van der Waals surface area contributed by atoms with Crippen LogP contribution in [0.5, 0.6) is 17.4 Å². The van der Waals surface area contributed by atoms with Gasteiger partial charge >= 0.3 is 5.69 Å². The van der Waals surface area contributed by atoms with E-state index < -0.39 is 25.0 Å². The van der Waals surface area contributed by atoms with Crippen LogP contribution >= 0.6 is 23.2 Å². The summed E-state index contributed by atoms with van der Waals surface area (Å²) in [6.45, 7) is 7.82. The van der Waals surface area contributed by atoms with Gasteiger partial charge in [0, 0.05) is 14.7 Å². The average molecular weight is 575 g/mol. The molecule has 2 heterocycles. The maximum absolute atomic E-state index is 12.2. The normalized spacial score (nSPS) is 11.5. The van der Waals surface area contributed by atoms with E-state index >= 15 is 0 Å². The summed E-state index contributed by atoms with van der Waals surface area (Å²) in [6.07, 6.45) is 0. The molecule has 0 aliphatic rings. The predicted molar refractivity (Wildman–Crippen MR) is 146 cm³/mol. The average Bonchev–Trinajstić information content (AvgIpc) is 3.20. The number of rotatable bonds is 9. The van der Waals surface area contributed by atoms with E-state index in [1.165, 1.54) is 19.2 Å². The molecule has 0 bridgehead atoms. The van der Waals surface area contributed by atoms with Crippen molar-refractivity contribution in [1.29, 1.82) is 5.26 Å². The highest BCUT2D eigenvalue weighted by atomic mass is 35.5. The molecule has 0 radical (unpaired) electrons. The maximum atomic E-state index is 12.2. The van der Waals surface area contributed by atoms with Gasteiger partial charge in [-0.3, -0.25) is 9.78 Å². The van der Waals surface area contributed by atoms with Gasteiger partial charge in [-0.25, -0.2) is 9.48 Å². The number of ether oxygens (including phenoxy) is 3. The number of fused-ring (bicyclic) bond motifs is 1. The summed E-state index contributed by atoms with van der Waals surface area (Å²) in [5.74, 6) is 0.955. The van der Waals surface area contributed by atoms with Crippen LogP contribution in [0.25, 0.3) is 16.6 Å². The Morgan fingerprint density at radius 1 is 1.11 bits per heavy atom. The van der Waals surface area contributed by atoms with Gasteiger partial charge in [0.05, 0.1) is 33.7 Å². The van der Waals surface area contributed by atoms with E-state index in [9.17, 15) is 9.59 Å². The molecule has 2 aromatic carbocycles. The standard InChI is InChI=1S/C24H24Cl2N6O5Si/c1-35-23-16-11-15(5-6-20(16)31(30-23)13-36-7-8-38(2,3)4)37-21-17(25)9-14(10-18(21)26)32-24(34)28-22(33)19(12-27)29-32/h5-6,9-11H,7-8,13H2,1-4H3,(H,28,33,34). The number of hydrogen-bond donors (Lipinski definition) is 1. The van der Waals surface area contributed by atoms with Crippen LogP contribution in [0, 0.1) is 11.3 Å². The van der Waals surface area contributed by atoms with Gasteiger partial charge in [-0.1, -0.05) is 42.8 Å². The summed E-state index contributed by atoms with van der Waals surface area (Å²) in [5, 5.41) is 18.2. The van der Waals surface area contributed by atoms with Crippen molar-refractivity contribution in [3.05, 3.63) is 66.9 Å². The van der Waals surface area contributed by atoms with Crippen LogP contribution in [0.1, 0.15) is 5.69 Å². The van der Waals surface area contributed by atoms with E-state index in [2.05, 4.69) is 29.8 Å². The molecule has 0 saturated carbocycles. The minimum Gasteiger partial charge on any atom is -0.479 e. The van der Waals surface area contributed by atoms with Crippen molar-refractivity contribution in [1.82, 2.24) is 24.5 Å². The van der Waals surface area contributed by atoms with Gasteiger partial charge in [0.1, 0.15) is 18.5 Å². The molecule has 4 rings (SSSR count). The number of benzene rings is 2. The van der Waals surface area contributed by atoms with Gasteiger partial charge in [-0.2, -0.15) is 9.94 Å². The van der Waals surface area contributed by atoms with Crippen LogP contribution in [-0.2, 0) is 11.5 Å². The highest BCUT2D eigenvalue weighted by Crippen LogP contribution is 2.39. The monoisotopic (exact) mass is 574 g/mol. The fourth-order valence-electron chi connectivity index (χ4n) is 3.50. The molecule has 4 aromatic rings. The maximum Gasteiger partial charge on any atom is 0.349 e. The number of nitrogens with zero attached hydrogens (tertiary/aromatic N) is 5. The summed E-state index contributed by atoms with van der Waals surface area (Å²) in [5.41, 5.74) is -1.29. The molecule has 0 aliphatic heterocycles. The van der Waals surface area contributed by atoms with Crippen LogP contribution in [0.3, 0.4) is 0 Å². The van der Waals surface area contributed by atoms with Gasteiger partial charge in [0.25, 0.3) is 5.56 Å². The largest absolute Gasteiger partial charge is 0.479 e. The first-order valence-corrected chi connectivity index (χ1v) is 15.9. The van der Waals surface area contributed by atoms with E-state index in [4.69, 9.17) is 42.7 Å². The zero-order valence-electron chi connectivity index (χ0n) is 21.0. The molecule has 0 amide bonds. The van der Waals surface area contributed by atoms with Crippen LogP contribution < -0.4 is 20.7 Å². The molecule has 0 fully saturated rings. The van der Waals surface area contributed by atoms with Gasteiger partial charge in [0.2, 0.25) is 11.6 Å². The highest BCUT2D eigenvalue weighted by molar-refractivity contribution is 6.76. The molecule has 0 aliphatic carbocycles. The number of hydrogen-bond acceptors (Lipinski definition) is 8. The lowest BCUT2D eigenvalue weighted by atomic mass is 10.2. The highest BCUT2D eigenvalue weighted by Gasteiger charge is 2.18. The van der Waals surface area contributed by atoms with Crippen LogP contribution in [0.2, 0.25) is 35.7 Å². The van der Waals surface area contributed by atoms with Gasteiger partial charge in [-0.15, -0.1) is 10.2 Å². The summed E-state index contributed by atoms with van der Waals surface area (Å²) >= 11 is 12.9. The fraction of sp³-hybridized carbons (Fsp3) is 0.292. The van der Waals surface area contributed by atoms with E-state index in [-0.39, 0.29) is 28.2 Å². The Labute approximate surface area is 228 Å². The Kier molecular flexibility index (Phi) is 7.93. The van der Waals surface area contributed by atoms with Crippen LogP contribution in [0.4, 0.5) is 0 Å². The minimum absolute atomic E-state index is 0.0736. The molecule has 0 saturated heterocycles. The second-order valence-corrected chi connectivity index (χ2v) is 15.9. The van der Waals surface area contributed by atoms with E-state index in [1.54, 1.807) is 22.9 Å². The molecule has 38 heavy (non-hydrogen) atoms. The Morgan fingerprint density at radius 3 is 2.45 bits per heavy atom. The zero-order valence-corrected chi connectivity index (χ0v) is 23.6. The van der Waals surface area contributed by atoms with Crippen molar-refractivity contribution in [2.45, 2.75) is 32.4 Å². The molecule has 2 aromatic heterocycles. The molecular formula is C24H24Cl2N6O5Si. The van der Waals surface area contributed by atoms with Crippen molar-refractivity contribution in [3.63, 3.8) is 0 Å². The number of methoxy groups -OCH3 is 1. The van der Waals surface area contributed by atoms with Crippen molar-refractivity contribution < 1.29 is 14.2 Å². The van der Waals surface area contributed by atoms with E-state index in [0.717, 1.165) is 16.2 Å². The lowest BCUT2D eigenvalue weighted by Crippen LogP contribution is -2.33. The van der Waals surface area contributed by atoms with E-state index in [1.807, 2.05) is 11.1 Å². The number of nitriles is 1. The number of nitrogens with one attached hydrogen (secondary N) is 1. The Balaban J connectivity index is 1.61. The fourth-order valence-corrected chi connectivity index (χ4v) is 4.81. The smallest absolute Gasteiger partial charge is 0.349 e. The molecule has 198 valence electrons. The first kappa shape index (κ1) is 27.4. The third kappa shape index (κ3) is 5.92. The third-order valence-corrected chi connectivity index (χ3v) is 7.74. The number of aromatic nitrogens is 5. The second-order valence-electron chi connectivity index (χ2n) is 9.51. The van der Waals surface area contributed by atoms with Gasteiger partial charge < -0.3 is 14.2 Å². The second kappa shape index (κ2) is 11.0. The van der Waals surface area contributed by atoms with Gasteiger partial charge in [0.15, 0.2) is 5.75 Å². The predicted octanol–water partition coefficient (Wildman–Crippen LogP) is 4.56. The third-order valence-electron chi connectivity index (χ3n) is 5.47. The van der Waals surface area contributed by atoms with Crippen LogP contribution in [-0.4, -0.2) is 46.3 Å². The first-order chi connectivity index (χ1) is 18.0. The summed E-state index contributed by atoms with van der Waals surface area (Å²) in [7, 11) is 0.329. The summed E-state index contributed by atoms with van der Waals surface area (Å²) < 4.78 is 19.8. The lowest BCUT2D eigenvalue weighted by Gasteiger charge is -2.15. The van der Waals surface area contributed by atoms with Crippen molar-refractivity contribution in [2.24, 2.45) is 0 Å². The van der Waals surface area contributed by atoms with Crippen LogP contribution in [0.15, 0.2) is 39.9 Å². The molecule has 0 spiro atoms. The SMILES string of the molecule is COc1nn(COCC[Si](C)(C)C)c2ccc(Oc3c(Cl)cc(-n4nc(C#N)c(=O)[nH]c4=O)cc3Cl)cc12. The number of H-pyrrole nitrogens is 1. The van der Waals surface area contributed by atoms with Crippen molar-refractivity contribution in [3.8, 4) is 29.1 Å². The van der Waals surface area contributed by atoms with Gasteiger partial charge in [-0.05, 0) is 36.4 Å². The summed E-state index contributed by atoms with van der Waals surface area (Å²) in [6, 6.07) is 10.7. The molecule has 0 unspecified atom stereocenters. The minimum atomic E-state index is -1.20. The zero-order chi connectivity index (χ0) is 27.6. The number of aromatic amines is 1. The summed E-state index contributed by atoms with van der Waals surface area (Å²) in [4.78, 5) is 25.9. The first-order valence-electron chi connectivity index (χ1n) is 11.4. The molecule has 11 nitrogen and oxygen atoms in total. The molecule has 0 atom stereocenters. The molecule has 14 heteroatoms. The van der Waals surface area contributed by atoms with Crippen molar-refractivity contribution in [2.75, 3.05) is 13.7 Å². The molecule has 1 N–H and O–H groups in total.